The zero-order chi connectivity index (χ0) is 54.4. The number of nitrogens with zero attached hydrogens (tertiary/aromatic N) is 9. The van der Waals surface area contributed by atoms with Crippen LogP contribution in [0.5, 0.6) is 17.2 Å². The lowest BCUT2D eigenvalue weighted by atomic mass is 10.1. The van der Waals surface area contributed by atoms with Crippen LogP contribution in [0.25, 0.3) is 19.5 Å². The smallest absolute Gasteiger partial charge is 0.385 e. The van der Waals surface area contributed by atoms with E-state index in [1.54, 1.807) is 97.1 Å². The number of phenols is 3. The number of carbonyl (C=O) groups is 4. The van der Waals surface area contributed by atoms with Crippen LogP contribution >= 0.6 is 0 Å². The first-order valence-corrected chi connectivity index (χ1v) is 21.1. The summed E-state index contributed by atoms with van der Waals surface area (Å²) in [4.78, 5) is 55.4. The minimum absolute atomic E-state index is 0.0671. The molecule has 0 saturated carbocycles. The average Bonchev–Trinajstić information content (AvgIpc) is 3.38. The van der Waals surface area contributed by atoms with E-state index in [1.807, 2.05) is 12.1 Å². The zero-order valence-electron chi connectivity index (χ0n) is 38.7. The van der Waals surface area contributed by atoms with Crippen LogP contribution in [0.3, 0.4) is 0 Å². The van der Waals surface area contributed by atoms with Gasteiger partial charge in [0, 0.05) is 34.5 Å². The second-order valence-corrected chi connectivity index (χ2v) is 14.6. The number of carboxylic acid groups (broad SMARTS) is 4. The molecule has 0 heterocycles. The fraction of sp³-hybridized carbons (Fsp3) is 0.0755. The van der Waals surface area contributed by atoms with E-state index in [4.69, 9.17) is 56.4 Å². The summed E-state index contributed by atoms with van der Waals surface area (Å²) in [6, 6.07) is 41.4. The Morgan fingerprint density at radius 3 is 1.14 bits per heavy atom. The van der Waals surface area contributed by atoms with Crippen LogP contribution in [0.4, 0.5) is 34.1 Å². The number of nitrogen functional groups attached to an aromatic ring is 1. The highest BCUT2D eigenvalue weighted by atomic mass is 16.4. The van der Waals surface area contributed by atoms with Crippen LogP contribution in [0.1, 0.15) is 53.3 Å². The van der Waals surface area contributed by atoms with Crippen molar-refractivity contribution in [2.45, 2.75) is 26.1 Å². The van der Waals surface area contributed by atoms with E-state index in [0.29, 0.717) is 47.9 Å². The van der Waals surface area contributed by atoms with Crippen molar-refractivity contribution in [1.82, 2.24) is 0 Å². The molecule has 0 spiro atoms. The number of benzene rings is 7. The van der Waals surface area contributed by atoms with Gasteiger partial charge in [0.05, 0.1) is 29.2 Å². The fourth-order valence-corrected chi connectivity index (χ4v) is 5.49. The number of nitrogens with two attached hydrogens (primary N) is 1. The number of rotatable bonds is 12. The normalized spacial score (nSPS) is 9.78. The van der Waals surface area contributed by atoms with Gasteiger partial charge >= 0.3 is 29.6 Å². The molecule has 0 unspecified atom stereocenters. The predicted molar refractivity (Wildman–Crippen MR) is 271 cm³/mol. The number of azo groups is 2. The summed E-state index contributed by atoms with van der Waals surface area (Å²) in [6.45, 7) is 21.1. The van der Waals surface area contributed by atoms with Crippen molar-refractivity contribution < 1.29 is 54.9 Å². The maximum absolute atomic E-state index is 10.9. The third kappa shape index (κ3) is 20.5. The van der Waals surface area contributed by atoms with Gasteiger partial charge in [0.2, 0.25) is 25.0 Å². The monoisotopic (exact) mass is 995 g/mol. The number of para-hydroxylation sites is 1. The Labute approximate surface area is 422 Å². The van der Waals surface area contributed by atoms with E-state index in [2.05, 4.69) is 40.0 Å². The maximum atomic E-state index is 10.9. The van der Waals surface area contributed by atoms with Crippen LogP contribution in [0.2, 0.25) is 0 Å². The molecule has 7 aromatic rings. The van der Waals surface area contributed by atoms with Gasteiger partial charge in [-0.05, 0) is 127 Å². The molecule has 0 saturated heterocycles. The highest BCUT2D eigenvalue weighted by molar-refractivity contribution is 5.92. The van der Waals surface area contributed by atoms with Crippen LogP contribution in [-0.4, -0.2) is 59.6 Å². The van der Waals surface area contributed by atoms with Gasteiger partial charge in [0.25, 0.3) is 0 Å². The summed E-state index contributed by atoms with van der Waals surface area (Å²) < 4.78 is 0. The molecule has 21 nitrogen and oxygen atoms in total. The van der Waals surface area contributed by atoms with Gasteiger partial charge in [-0.2, -0.15) is 20.5 Å². The molecule has 0 aliphatic rings. The lowest BCUT2D eigenvalue weighted by Crippen LogP contribution is -1.99. The number of hydrogen-bond acceptors (Lipinski definition) is 13. The molecule has 74 heavy (non-hydrogen) atoms. The number of hydrogen-bond donors (Lipinski definition) is 8. The van der Waals surface area contributed by atoms with Gasteiger partial charge in [-0.25, -0.2) is 34.1 Å². The van der Waals surface area contributed by atoms with Gasteiger partial charge < -0.3 is 56.0 Å². The quantitative estimate of drug-likeness (QED) is 0.0245. The Kier molecular flexibility index (Phi) is 23.3. The summed E-state index contributed by atoms with van der Waals surface area (Å²) in [7, 11) is 0. The molecule has 0 radical (unpaired) electrons. The van der Waals surface area contributed by atoms with Gasteiger partial charge in [-0.15, -0.1) is 0 Å². The van der Waals surface area contributed by atoms with Crippen LogP contribution < -0.4 is 5.73 Å². The summed E-state index contributed by atoms with van der Waals surface area (Å²) in [6.07, 6.45) is -0.0721. The number of carboxylic acids is 4. The van der Waals surface area contributed by atoms with Crippen molar-refractivity contribution in [1.29, 1.82) is 5.39 Å². The van der Waals surface area contributed by atoms with Crippen molar-refractivity contribution in [3.8, 4) is 17.2 Å². The Morgan fingerprint density at radius 2 is 0.784 bits per heavy atom. The predicted octanol–water partition coefficient (Wildman–Crippen LogP) is 12.4. The van der Waals surface area contributed by atoms with E-state index >= 15 is 0 Å². The summed E-state index contributed by atoms with van der Waals surface area (Å²) >= 11 is 0. The van der Waals surface area contributed by atoms with E-state index < -0.39 is 23.9 Å². The van der Waals surface area contributed by atoms with Crippen molar-refractivity contribution >= 4 is 58.0 Å². The molecule has 7 aromatic carbocycles. The number of aromatic carboxylic acids is 3. The van der Waals surface area contributed by atoms with Gasteiger partial charge in [0.1, 0.15) is 33.9 Å². The first kappa shape index (κ1) is 57.0. The van der Waals surface area contributed by atoms with Crippen molar-refractivity contribution in [2.75, 3.05) is 5.73 Å². The molecule has 0 atom stereocenters. The average molecular weight is 996 g/mol. The highest BCUT2D eigenvalue weighted by Gasteiger charge is 2.12. The van der Waals surface area contributed by atoms with Gasteiger partial charge in [0.15, 0.2) is 4.98 Å². The maximum Gasteiger partial charge on any atom is 0.385 e. The molecule has 0 fully saturated rings. The van der Waals surface area contributed by atoms with E-state index in [9.17, 15) is 29.4 Å². The first-order chi connectivity index (χ1) is 35.5. The second-order valence-electron chi connectivity index (χ2n) is 14.6. The van der Waals surface area contributed by atoms with E-state index in [0.717, 1.165) is 22.4 Å². The summed E-state index contributed by atoms with van der Waals surface area (Å²) in [5.41, 5.74) is 11.3. The Balaban J connectivity index is 0.000000255. The summed E-state index contributed by atoms with van der Waals surface area (Å²) in [5.74, 6) is -5.37. The molecule has 370 valence electrons. The third-order valence-corrected chi connectivity index (χ3v) is 9.16. The standard InChI is InChI=1S/C15H11N3O3.C15H12N2O5.C8H6N3.C8H8N2.C7H6O3/c1-16-9-10-2-4-11(5-3-10)17-18-12-6-7-14(19)13(8-12)15(20)21;18-13-6-5-11(8-12(13)15(21)22)17-16-10-3-1-9(2-4-10)7-14(19)20;1-10-6-7-2-4-8(11-9)5-3-7;1-10-6-7-2-4-8(9)5-3-7;8-6-4-2-1-3-5(6)7(9)10/h2-8,19H,9H2,(H,20,21);1-6,8,18H,7H2,(H,19,20)(H,21,22);2-5H,6H2;2-5H,6,9H2;1-4,8H,(H,9,10)/q;;+1;;. The molecule has 0 amide bonds. The largest absolute Gasteiger partial charge is 0.507 e. The van der Waals surface area contributed by atoms with E-state index in [-0.39, 0.29) is 46.0 Å². The minimum atomic E-state index is -1.26. The zero-order valence-corrected chi connectivity index (χ0v) is 38.7. The Morgan fingerprint density at radius 1 is 0.446 bits per heavy atom. The van der Waals surface area contributed by atoms with Gasteiger partial charge in [-0.3, -0.25) is 4.79 Å². The molecule has 21 heteroatoms. The third-order valence-electron chi connectivity index (χ3n) is 9.16. The molecule has 0 aromatic heterocycles. The highest BCUT2D eigenvalue weighted by Crippen LogP contribution is 2.27. The van der Waals surface area contributed by atoms with Crippen molar-refractivity contribution in [3.05, 3.63) is 236 Å². The lowest BCUT2D eigenvalue weighted by Gasteiger charge is -2.00. The molecule has 0 bridgehead atoms. The molecule has 0 aliphatic carbocycles. The Bertz CT molecular complexity index is 3270. The van der Waals surface area contributed by atoms with Gasteiger partial charge in [-0.1, -0.05) is 24.3 Å². The van der Waals surface area contributed by atoms with Crippen LogP contribution in [0.15, 0.2) is 178 Å². The topological polar surface area (TPSA) is 327 Å². The minimum Gasteiger partial charge on any atom is -0.507 e. The van der Waals surface area contributed by atoms with Crippen molar-refractivity contribution in [3.63, 3.8) is 0 Å². The lowest BCUT2D eigenvalue weighted by molar-refractivity contribution is -0.136. The van der Waals surface area contributed by atoms with Crippen LogP contribution in [0, 0.1) is 25.1 Å². The van der Waals surface area contributed by atoms with Crippen LogP contribution in [-0.2, 0) is 30.8 Å². The number of aromatic hydroxyl groups is 3. The molecule has 9 N–H and O–H groups in total. The fourth-order valence-electron chi connectivity index (χ4n) is 5.49. The Hall–Kier alpha value is -11.3. The molecular formula is C53H43N10O11+. The number of anilines is 1. The first-order valence-electron chi connectivity index (χ1n) is 21.1. The number of diazo groups is 1. The molecular weight excluding hydrogens is 953 g/mol. The SMILES string of the molecule is O=C(O)Cc1ccc(N=Nc2ccc(O)c(C(=O)O)c2)cc1.O=C(O)c1ccccc1O.[C-]#[N+]Cc1ccc(N)cc1.[C-]#[N+]Cc1ccc(N=Nc2ccc(O)c(C(=O)O)c2)cc1.[C-]#[N+]Cc1ccc([N+]#N)cc1. The second kappa shape index (κ2) is 30.3. The van der Waals surface area contributed by atoms with Crippen molar-refractivity contribution in [2.24, 2.45) is 20.5 Å². The molecule has 0 aliphatic heterocycles. The number of aliphatic carboxylic acids is 1. The van der Waals surface area contributed by atoms with E-state index in [1.165, 1.54) is 48.5 Å². The summed E-state index contributed by atoms with van der Waals surface area (Å²) in [5, 5.41) is 86.6. The molecule has 7 rings (SSSR count).